The Balaban J connectivity index is 2.19. The van der Waals surface area contributed by atoms with Crippen LogP contribution in [0.25, 0.3) is 22.0 Å². The summed E-state index contributed by atoms with van der Waals surface area (Å²) < 4.78 is 0. The number of nitrogens with zero attached hydrogens (tertiary/aromatic N) is 2. The Labute approximate surface area is 106 Å². The summed E-state index contributed by atoms with van der Waals surface area (Å²) >= 11 is 0. The van der Waals surface area contributed by atoms with Crippen molar-refractivity contribution in [2.24, 2.45) is 0 Å². The van der Waals surface area contributed by atoms with Crippen LogP contribution in [0.3, 0.4) is 0 Å². The molecule has 0 aliphatic rings. The van der Waals surface area contributed by atoms with Crippen LogP contribution >= 0.6 is 0 Å². The van der Waals surface area contributed by atoms with Crippen LogP contribution in [0.4, 0.5) is 0 Å². The van der Waals surface area contributed by atoms with Crippen molar-refractivity contribution in [1.29, 1.82) is 0 Å². The van der Waals surface area contributed by atoms with E-state index in [0.717, 1.165) is 16.9 Å². The molecule has 3 rings (SSSR count). The zero-order valence-electron chi connectivity index (χ0n) is 10.5. The summed E-state index contributed by atoms with van der Waals surface area (Å²) in [5.74, 6) is 0. The van der Waals surface area contributed by atoms with E-state index in [1.165, 1.54) is 16.5 Å². The molecule has 18 heavy (non-hydrogen) atoms. The van der Waals surface area contributed by atoms with E-state index in [4.69, 9.17) is 0 Å². The van der Waals surface area contributed by atoms with Crippen LogP contribution < -0.4 is 0 Å². The standard InChI is InChI=1S/C16H14N2/c1-11-5-8-15(12(2)18-11)14-7-6-13-4-3-9-17-16(13)10-14/h3-10H,1-2H3. The van der Waals surface area contributed by atoms with Gasteiger partial charge in [0, 0.05) is 28.5 Å². The average molecular weight is 234 g/mol. The fourth-order valence-corrected chi connectivity index (χ4v) is 2.23. The molecule has 3 aromatic rings. The summed E-state index contributed by atoms with van der Waals surface area (Å²) in [7, 11) is 0. The smallest absolute Gasteiger partial charge is 0.0708 e. The lowest BCUT2D eigenvalue weighted by molar-refractivity contribution is 1.13. The highest BCUT2D eigenvalue weighted by atomic mass is 14.7. The number of pyridine rings is 2. The molecule has 2 aromatic heterocycles. The van der Waals surface area contributed by atoms with Crippen LogP contribution in [0.5, 0.6) is 0 Å². The molecule has 0 saturated carbocycles. The third-order valence-corrected chi connectivity index (χ3v) is 3.14. The van der Waals surface area contributed by atoms with Gasteiger partial charge in [-0.2, -0.15) is 0 Å². The minimum absolute atomic E-state index is 1.02. The second-order valence-electron chi connectivity index (χ2n) is 4.50. The molecular weight excluding hydrogens is 220 g/mol. The van der Waals surface area contributed by atoms with Crippen LogP contribution in [-0.4, -0.2) is 9.97 Å². The zero-order chi connectivity index (χ0) is 12.5. The number of benzene rings is 1. The molecule has 2 nitrogen and oxygen atoms in total. The first kappa shape index (κ1) is 10.9. The first-order chi connectivity index (χ1) is 8.74. The molecule has 2 heterocycles. The van der Waals surface area contributed by atoms with E-state index >= 15 is 0 Å². The molecule has 88 valence electrons. The highest BCUT2D eigenvalue weighted by molar-refractivity contribution is 5.84. The van der Waals surface area contributed by atoms with Gasteiger partial charge in [-0.25, -0.2) is 0 Å². The lowest BCUT2D eigenvalue weighted by Crippen LogP contribution is -1.90. The monoisotopic (exact) mass is 234 g/mol. The second-order valence-corrected chi connectivity index (χ2v) is 4.50. The predicted molar refractivity (Wildman–Crippen MR) is 74.4 cm³/mol. The Morgan fingerprint density at radius 2 is 1.83 bits per heavy atom. The van der Waals surface area contributed by atoms with Gasteiger partial charge in [0.15, 0.2) is 0 Å². The summed E-state index contributed by atoms with van der Waals surface area (Å²) in [6.45, 7) is 4.06. The van der Waals surface area contributed by atoms with Crippen LogP contribution in [0.1, 0.15) is 11.4 Å². The fourth-order valence-electron chi connectivity index (χ4n) is 2.23. The van der Waals surface area contributed by atoms with E-state index in [9.17, 15) is 0 Å². The quantitative estimate of drug-likeness (QED) is 0.638. The van der Waals surface area contributed by atoms with Gasteiger partial charge in [-0.1, -0.05) is 24.3 Å². The van der Waals surface area contributed by atoms with Crippen LogP contribution in [-0.2, 0) is 0 Å². The van der Waals surface area contributed by atoms with Gasteiger partial charge in [-0.15, -0.1) is 0 Å². The van der Waals surface area contributed by atoms with Crippen molar-refractivity contribution >= 4 is 10.9 Å². The first-order valence-electron chi connectivity index (χ1n) is 6.03. The minimum atomic E-state index is 1.02. The van der Waals surface area contributed by atoms with Gasteiger partial charge in [0.1, 0.15) is 0 Å². The molecule has 0 atom stereocenters. The second kappa shape index (κ2) is 4.22. The number of hydrogen-bond acceptors (Lipinski definition) is 2. The van der Waals surface area contributed by atoms with Crippen LogP contribution in [0.2, 0.25) is 0 Å². The number of rotatable bonds is 1. The van der Waals surface area contributed by atoms with Crippen molar-refractivity contribution in [2.45, 2.75) is 13.8 Å². The van der Waals surface area contributed by atoms with Gasteiger partial charge >= 0.3 is 0 Å². The van der Waals surface area contributed by atoms with Gasteiger partial charge in [-0.05, 0) is 37.6 Å². The van der Waals surface area contributed by atoms with Crippen LogP contribution in [0.15, 0.2) is 48.7 Å². The molecule has 0 N–H and O–H groups in total. The number of aryl methyl sites for hydroxylation is 2. The Morgan fingerprint density at radius 3 is 2.67 bits per heavy atom. The van der Waals surface area contributed by atoms with Gasteiger partial charge in [-0.3, -0.25) is 9.97 Å². The third kappa shape index (κ3) is 1.86. The summed E-state index contributed by atoms with van der Waals surface area (Å²) in [6.07, 6.45) is 1.83. The zero-order valence-corrected chi connectivity index (χ0v) is 10.5. The van der Waals surface area contributed by atoms with Crippen molar-refractivity contribution in [3.8, 4) is 11.1 Å². The lowest BCUT2D eigenvalue weighted by atomic mass is 10.0. The summed E-state index contributed by atoms with van der Waals surface area (Å²) in [4.78, 5) is 8.90. The number of hydrogen-bond donors (Lipinski definition) is 0. The molecule has 0 bridgehead atoms. The van der Waals surface area contributed by atoms with Gasteiger partial charge in [0.2, 0.25) is 0 Å². The fraction of sp³-hybridized carbons (Fsp3) is 0.125. The maximum absolute atomic E-state index is 4.51. The van der Waals surface area contributed by atoms with Crippen molar-refractivity contribution in [2.75, 3.05) is 0 Å². The van der Waals surface area contributed by atoms with Crippen molar-refractivity contribution in [3.05, 3.63) is 60.0 Å². The highest BCUT2D eigenvalue weighted by Gasteiger charge is 2.04. The molecule has 0 saturated heterocycles. The van der Waals surface area contributed by atoms with E-state index in [1.807, 2.05) is 32.2 Å². The lowest BCUT2D eigenvalue weighted by Gasteiger charge is -2.07. The summed E-state index contributed by atoms with van der Waals surface area (Å²) in [5, 5.41) is 1.17. The topological polar surface area (TPSA) is 25.8 Å². The number of fused-ring (bicyclic) bond motifs is 1. The van der Waals surface area contributed by atoms with E-state index in [1.54, 1.807) is 0 Å². The van der Waals surface area contributed by atoms with Gasteiger partial charge < -0.3 is 0 Å². The molecule has 0 spiro atoms. The normalized spacial score (nSPS) is 10.8. The molecule has 0 aliphatic carbocycles. The summed E-state index contributed by atoms with van der Waals surface area (Å²) in [6, 6.07) is 14.6. The third-order valence-electron chi connectivity index (χ3n) is 3.14. The average Bonchev–Trinajstić information content (AvgIpc) is 2.38. The van der Waals surface area contributed by atoms with Crippen molar-refractivity contribution < 1.29 is 0 Å². The molecule has 0 unspecified atom stereocenters. The van der Waals surface area contributed by atoms with E-state index in [-0.39, 0.29) is 0 Å². The van der Waals surface area contributed by atoms with Gasteiger partial charge in [0.25, 0.3) is 0 Å². The van der Waals surface area contributed by atoms with E-state index < -0.39 is 0 Å². The first-order valence-corrected chi connectivity index (χ1v) is 6.03. The molecule has 0 fully saturated rings. The molecule has 0 aliphatic heterocycles. The summed E-state index contributed by atoms with van der Waals surface area (Å²) in [5.41, 5.74) is 5.48. The maximum Gasteiger partial charge on any atom is 0.0708 e. The molecule has 1 aromatic carbocycles. The molecule has 0 radical (unpaired) electrons. The van der Waals surface area contributed by atoms with E-state index in [0.29, 0.717) is 0 Å². The predicted octanol–water partition coefficient (Wildman–Crippen LogP) is 3.91. The maximum atomic E-state index is 4.51. The number of aromatic nitrogens is 2. The Morgan fingerprint density at radius 1 is 0.944 bits per heavy atom. The van der Waals surface area contributed by atoms with Crippen LogP contribution in [0, 0.1) is 13.8 Å². The molecular formula is C16H14N2. The minimum Gasteiger partial charge on any atom is -0.258 e. The van der Waals surface area contributed by atoms with E-state index in [2.05, 4.69) is 40.3 Å². The van der Waals surface area contributed by atoms with Crippen molar-refractivity contribution in [3.63, 3.8) is 0 Å². The Kier molecular flexibility index (Phi) is 2.56. The Bertz CT molecular complexity index is 717. The Hall–Kier alpha value is -2.22. The molecule has 2 heteroatoms. The molecule has 0 amide bonds. The highest BCUT2D eigenvalue weighted by Crippen LogP contribution is 2.25. The SMILES string of the molecule is Cc1ccc(-c2ccc3cccnc3c2)c(C)n1. The largest absolute Gasteiger partial charge is 0.258 e. The van der Waals surface area contributed by atoms with Gasteiger partial charge in [0.05, 0.1) is 5.52 Å². The van der Waals surface area contributed by atoms with Crippen molar-refractivity contribution in [1.82, 2.24) is 9.97 Å².